The van der Waals surface area contributed by atoms with Gasteiger partial charge in [-0.3, -0.25) is 46.9 Å². The van der Waals surface area contributed by atoms with Gasteiger partial charge in [0, 0.05) is 17.1 Å². The fraction of sp³-hybridized carbons (Fsp3) is 0.488. The van der Waals surface area contributed by atoms with Crippen molar-refractivity contribution in [1.82, 2.24) is 55.0 Å². The molecular formula is C41H51FN18O15P2S2. The summed E-state index contributed by atoms with van der Waals surface area (Å²) in [6.45, 7) is -7.78. The van der Waals surface area contributed by atoms with E-state index >= 15 is 4.39 Å². The lowest BCUT2D eigenvalue weighted by molar-refractivity contribution is -0.131. The maximum absolute atomic E-state index is 16.3. The predicted octanol–water partition coefficient (Wildman–Crippen LogP) is 2.71. The Bertz CT molecular complexity index is 3230. The molecule has 6 amide bonds. The molecule has 8 rings (SSSR count). The molecule has 5 aromatic rings. The van der Waals surface area contributed by atoms with Gasteiger partial charge in [0.15, 0.2) is 47.1 Å². The Kier molecular flexibility index (Phi) is 18.5. The highest BCUT2D eigenvalue weighted by Crippen LogP contribution is 2.60. The third-order valence-electron chi connectivity index (χ3n) is 12.1. The number of amides is 6. The van der Waals surface area contributed by atoms with Gasteiger partial charge in [-0.25, -0.2) is 53.0 Å². The van der Waals surface area contributed by atoms with Gasteiger partial charge >= 0.3 is 25.7 Å². The highest BCUT2D eigenvalue weighted by atomic mass is 32.7. The number of anilines is 3. The Labute approximate surface area is 455 Å². The second-order valence-electron chi connectivity index (χ2n) is 17.9. The number of aliphatic hydroxyl groups excluding tert-OH is 1. The molecule has 10 N–H and O–H groups in total. The maximum Gasteiger partial charge on any atom is 0.413 e. The van der Waals surface area contributed by atoms with E-state index in [1.165, 1.54) is 33.9 Å². The molecule has 424 valence electrons. The van der Waals surface area contributed by atoms with Crippen LogP contribution in [0, 0.1) is 5.92 Å². The number of aliphatic hydroxyl groups is 1. The molecule has 0 bridgehead atoms. The average Bonchev–Trinajstić information content (AvgIpc) is 4.40. The quantitative estimate of drug-likeness (QED) is 0.0160. The van der Waals surface area contributed by atoms with E-state index in [2.05, 4.69) is 91.0 Å². The summed E-state index contributed by atoms with van der Waals surface area (Å²) in [6, 6.07) is 3.12. The SMILES string of the molecule is CC(C)[C@H](NC(=O)CN=[N+]=[N-])C(=O)N[C@@H](CCCNC(N)=O)C(=O)Nc1ccc(COC(=O)Nc2ncnc3c2ncn3[C@@H]2O[C@@H]3CO[P@@](=O)(S)O[C@H]4[C@@H](F)[C@H](n5cnc6c(N)ncnc65)O[C@@H]4CO[P@@](=O)(S)O[C@H]3[C@H]2O)cc1. The molecule has 0 unspecified atom stereocenters. The Hall–Kier alpha value is -6.81. The number of hydrogen-bond acceptors (Lipinski definition) is 23. The molecule has 3 saturated heterocycles. The number of carbonyl (C=O) groups is 5. The van der Waals surface area contributed by atoms with Crippen LogP contribution in [0.1, 0.15) is 44.7 Å². The van der Waals surface area contributed by atoms with E-state index in [4.69, 9.17) is 49.3 Å². The van der Waals surface area contributed by atoms with Gasteiger partial charge in [-0.05, 0) is 42.0 Å². The molecule has 1 aromatic carbocycles. The van der Waals surface area contributed by atoms with Crippen molar-refractivity contribution >= 4 is 108 Å². The van der Waals surface area contributed by atoms with Crippen molar-refractivity contribution in [2.75, 3.05) is 42.7 Å². The number of nitrogen functional groups attached to an aromatic ring is 1. The molecule has 33 nitrogen and oxygen atoms in total. The summed E-state index contributed by atoms with van der Waals surface area (Å²) in [5.74, 6) is -2.57. The first-order chi connectivity index (χ1) is 37.6. The summed E-state index contributed by atoms with van der Waals surface area (Å²) in [5, 5.41) is 27.6. The van der Waals surface area contributed by atoms with Gasteiger partial charge in [-0.1, -0.05) is 55.6 Å². The number of nitrogens with zero attached hydrogens (tertiary/aromatic N) is 11. The number of halogens is 1. The number of ether oxygens (including phenoxy) is 3. The number of rotatable bonds is 17. The lowest BCUT2D eigenvalue weighted by atomic mass is 10.0. The highest BCUT2D eigenvalue weighted by Gasteiger charge is 2.54. The minimum absolute atomic E-state index is 0.00456. The highest BCUT2D eigenvalue weighted by molar-refractivity contribution is 8.44. The van der Waals surface area contributed by atoms with E-state index in [1.807, 2.05) is 0 Å². The van der Waals surface area contributed by atoms with Crippen LogP contribution in [0.4, 0.5) is 31.3 Å². The molecule has 12 atom stereocenters. The summed E-state index contributed by atoms with van der Waals surface area (Å²) in [6.07, 6.45) is -8.91. The van der Waals surface area contributed by atoms with Gasteiger partial charge in [-0.2, -0.15) is 0 Å². The molecule has 3 aliphatic rings. The van der Waals surface area contributed by atoms with Crippen molar-refractivity contribution in [2.24, 2.45) is 16.8 Å². The Morgan fingerprint density at radius 2 is 1.51 bits per heavy atom. The van der Waals surface area contributed by atoms with Crippen LogP contribution >= 0.6 is 38.1 Å². The Balaban J connectivity index is 0.881. The van der Waals surface area contributed by atoms with Crippen molar-refractivity contribution < 1.29 is 74.9 Å². The molecule has 79 heavy (non-hydrogen) atoms. The molecule has 38 heteroatoms. The number of carbonyl (C=O) groups excluding carboxylic acids is 5. The van der Waals surface area contributed by atoms with Crippen LogP contribution in [-0.2, 0) is 62.4 Å². The Morgan fingerprint density at radius 3 is 2.18 bits per heavy atom. The summed E-state index contributed by atoms with van der Waals surface area (Å²) in [4.78, 5) is 90.6. The molecule has 3 fully saturated rings. The zero-order valence-electron chi connectivity index (χ0n) is 41.3. The molecule has 4 aromatic heterocycles. The van der Waals surface area contributed by atoms with Crippen LogP contribution in [0.3, 0.4) is 0 Å². The molecular weight excluding hydrogens is 1130 g/mol. The number of primary amides is 1. The second-order valence-corrected chi connectivity index (χ2v) is 23.7. The van der Waals surface area contributed by atoms with Crippen LogP contribution in [0.15, 0.2) is 54.7 Å². The number of azide groups is 1. The Morgan fingerprint density at radius 1 is 0.886 bits per heavy atom. The van der Waals surface area contributed by atoms with Crippen molar-refractivity contribution in [1.29, 1.82) is 0 Å². The van der Waals surface area contributed by atoms with E-state index in [0.717, 1.165) is 12.7 Å². The van der Waals surface area contributed by atoms with Crippen LogP contribution in [-0.4, -0.2) is 149 Å². The number of nitrogens with one attached hydrogen (secondary N) is 5. The number of hydrogen-bond donors (Lipinski definition) is 10. The summed E-state index contributed by atoms with van der Waals surface area (Å²) in [5.41, 5.74) is 20.6. The smallest absolute Gasteiger partial charge is 0.413 e. The van der Waals surface area contributed by atoms with Crippen LogP contribution in [0.5, 0.6) is 0 Å². The summed E-state index contributed by atoms with van der Waals surface area (Å²) >= 11 is 8.17. The van der Waals surface area contributed by atoms with E-state index < -0.39 is 130 Å². The molecule has 0 spiro atoms. The van der Waals surface area contributed by atoms with Crippen molar-refractivity contribution in [2.45, 2.75) is 94.5 Å². The maximum atomic E-state index is 16.3. The van der Waals surface area contributed by atoms with E-state index in [9.17, 15) is 38.2 Å². The minimum Gasteiger partial charge on any atom is -0.444 e. The monoisotopic (exact) mass is 1180 g/mol. The first-order valence-corrected chi connectivity index (χ1v) is 29.0. The fourth-order valence-corrected chi connectivity index (χ4v) is 11.3. The molecule has 0 aliphatic carbocycles. The number of aromatic nitrogens is 8. The molecule has 3 aliphatic heterocycles. The van der Waals surface area contributed by atoms with Crippen LogP contribution in [0.2, 0.25) is 0 Å². The first-order valence-electron chi connectivity index (χ1n) is 23.6. The topological polar surface area (TPSA) is 452 Å². The number of nitrogens with two attached hydrogens (primary N) is 2. The van der Waals surface area contributed by atoms with Crippen molar-refractivity contribution in [3.05, 3.63) is 65.6 Å². The normalized spacial score (nSPS) is 26.8. The van der Waals surface area contributed by atoms with Gasteiger partial charge in [0.2, 0.25) is 17.7 Å². The van der Waals surface area contributed by atoms with Gasteiger partial charge in [0.05, 0.1) is 25.9 Å². The number of fused-ring (bicyclic) bond motifs is 4. The third kappa shape index (κ3) is 14.2. The lowest BCUT2D eigenvalue weighted by Gasteiger charge is -2.28. The van der Waals surface area contributed by atoms with Crippen molar-refractivity contribution in [3.63, 3.8) is 0 Å². The molecule has 7 heterocycles. The van der Waals surface area contributed by atoms with Gasteiger partial charge in [-0.15, -0.1) is 0 Å². The lowest BCUT2D eigenvalue weighted by Crippen LogP contribution is -2.55. The zero-order valence-corrected chi connectivity index (χ0v) is 44.9. The fourth-order valence-electron chi connectivity index (χ4n) is 8.37. The standard InChI is InChI=1S/C41H51FN18O15P2S2/c1-18(2)26(56-24(61)10-53-58-45)37(64)55-21(4-3-9-46-40(44)65)36(63)54-20-7-5-19(6-8-20)11-69-41(66)57-33-28-35(50-15-48-33)60(17-52-28)39-29(62)31-23(73-39)13-71-76(67,78)74-30-22(12-70-77(68,79)75-31)72-38(25(30)42)59-16-51-27-32(43)47-14-49-34(27)59/h5-8,14-18,21-23,25-26,29-31,38-39,62H,3-4,9-13H2,1-2H3,(H,54,63)(H,55,64)(H,56,61)(H,67,78)(H,68,79)(H2,43,47,49)(H3,44,46,65)(H,48,50,57,66)/t21-,22+,23+,25+,26-,29+,30+,31+,38+,39+,76+,77+/m0/s1. The van der Waals surface area contributed by atoms with E-state index in [-0.39, 0.29) is 60.0 Å². The van der Waals surface area contributed by atoms with Gasteiger partial charge in [0.1, 0.15) is 73.9 Å². The molecule has 0 saturated carbocycles. The van der Waals surface area contributed by atoms with Gasteiger partial charge in [0.25, 0.3) is 0 Å². The summed E-state index contributed by atoms with van der Waals surface area (Å²) in [7, 11) is 0. The number of imidazole rings is 2. The van der Waals surface area contributed by atoms with Crippen LogP contribution < -0.4 is 38.1 Å². The van der Waals surface area contributed by atoms with Crippen molar-refractivity contribution in [3.8, 4) is 0 Å². The molecule has 0 radical (unpaired) electrons. The summed E-state index contributed by atoms with van der Waals surface area (Å²) < 4.78 is 86.0. The van der Waals surface area contributed by atoms with Gasteiger partial charge < -0.3 is 52.1 Å². The first kappa shape index (κ1) is 58.3. The zero-order chi connectivity index (χ0) is 56.8. The number of alkyl halides is 1. The van der Waals surface area contributed by atoms with E-state index in [1.54, 1.807) is 26.0 Å². The third-order valence-corrected chi connectivity index (χ3v) is 15.4. The largest absolute Gasteiger partial charge is 0.444 e. The number of urea groups is 1. The average molecular weight is 1180 g/mol. The second kappa shape index (κ2) is 25.1. The number of benzene rings is 1. The van der Waals surface area contributed by atoms with E-state index in [0.29, 0.717) is 11.3 Å². The van der Waals surface area contributed by atoms with Crippen LogP contribution in [0.25, 0.3) is 32.8 Å². The number of thiol groups is 2. The minimum atomic E-state index is -4.51. The predicted molar refractivity (Wildman–Crippen MR) is 277 cm³/mol.